The van der Waals surface area contributed by atoms with Crippen molar-refractivity contribution in [2.24, 2.45) is 5.92 Å². The molecular formula is C21H31NO. The largest absolute Gasteiger partial charge is 0.333 e. The van der Waals surface area contributed by atoms with Crippen LogP contribution in [0.25, 0.3) is 0 Å². The Labute approximate surface area is 141 Å². The summed E-state index contributed by atoms with van der Waals surface area (Å²) in [6.45, 7) is 0. The normalized spacial score (nSPS) is 26.7. The fourth-order valence-electron chi connectivity index (χ4n) is 4.41. The summed E-state index contributed by atoms with van der Waals surface area (Å²) < 4.78 is 0. The molecule has 0 heterocycles. The van der Waals surface area contributed by atoms with Gasteiger partial charge in [0, 0.05) is 12.1 Å². The van der Waals surface area contributed by atoms with Crippen molar-refractivity contribution >= 4 is 5.91 Å². The Morgan fingerprint density at radius 3 is 2.00 bits per heavy atom. The lowest BCUT2D eigenvalue weighted by molar-refractivity contribution is -0.132. The van der Waals surface area contributed by atoms with Crippen molar-refractivity contribution in [2.45, 2.75) is 82.7 Å². The fraction of sp³-hybridized carbons (Fsp3) is 0.667. The minimum absolute atomic E-state index is 0.270. The number of hydrogen-bond acceptors (Lipinski definition) is 1. The molecule has 0 saturated heterocycles. The highest BCUT2D eigenvalue weighted by Crippen LogP contribution is 2.30. The maximum absolute atomic E-state index is 13.0. The van der Waals surface area contributed by atoms with Gasteiger partial charge in [0.05, 0.1) is 0 Å². The zero-order valence-electron chi connectivity index (χ0n) is 14.3. The van der Waals surface area contributed by atoms with Gasteiger partial charge in [-0.2, -0.15) is 0 Å². The summed E-state index contributed by atoms with van der Waals surface area (Å²) in [4.78, 5) is 15.3. The van der Waals surface area contributed by atoms with Gasteiger partial charge in [-0.1, -0.05) is 68.9 Å². The number of carbonyl (C=O) groups excluding carboxylic acids is 1. The van der Waals surface area contributed by atoms with E-state index in [2.05, 4.69) is 35.3 Å². The minimum atomic E-state index is 0.270. The van der Waals surface area contributed by atoms with Crippen molar-refractivity contribution in [1.29, 1.82) is 0 Å². The molecule has 126 valence electrons. The summed E-state index contributed by atoms with van der Waals surface area (Å²) in [5.41, 5.74) is 0. The third-order valence-corrected chi connectivity index (χ3v) is 5.69. The van der Waals surface area contributed by atoms with Crippen molar-refractivity contribution in [1.82, 2.24) is 4.90 Å². The molecule has 1 unspecified atom stereocenters. The van der Waals surface area contributed by atoms with Gasteiger partial charge in [-0.25, -0.2) is 0 Å². The summed E-state index contributed by atoms with van der Waals surface area (Å²) >= 11 is 0. The van der Waals surface area contributed by atoms with E-state index in [9.17, 15) is 4.79 Å². The van der Waals surface area contributed by atoms with E-state index in [1.165, 1.54) is 64.2 Å². The molecule has 2 saturated carbocycles. The van der Waals surface area contributed by atoms with Crippen molar-refractivity contribution in [3.8, 4) is 0 Å². The van der Waals surface area contributed by atoms with Gasteiger partial charge in [0.25, 0.3) is 0 Å². The molecule has 23 heavy (non-hydrogen) atoms. The Kier molecular flexibility index (Phi) is 6.13. The smallest absolute Gasteiger partial charge is 0.246 e. The lowest BCUT2D eigenvalue weighted by Gasteiger charge is -2.41. The lowest BCUT2D eigenvalue weighted by Crippen LogP contribution is -2.48. The second kappa shape index (κ2) is 8.52. The highest BCUT2D eigenvalue weighted by atomic mass is 16.2. The Balaban J connectivity index is 1.67. The van der Waals surface area contributed by atoms with Gasteiger partial charge in [-0.3, -0.25) is 4.79 Å². The summed E-state index contributed by atoms with van der Waals surface area (Å²) in [5, 5.41) is 0. The molecule has 3 aliphatic rings. The van der Waals surface area contributed by atoms with Crippen LogP contribution in [0, 0.1) is 5.92 Å². The highest BCUT2D eigenvalue weighted by molar-refractivity contribution is 5.88. The predicted molar refractivity (Wildman–Crippen MR) is 96.1 cm³/mol. The minimum Gasteiger partial charge on any atom is -0.333 e. The third kappa shape index (κ3) is 4.59. The van der Waals surface area contributed by atoms with Crippen LogP contribution in [0.5, 0.6) is 0 Å². The average molecular weight is 313 g/mol. The molecule has 0 N–H and O–H groups in total. The number of carbonyl (C=O) groups is 1. The molecule has 0 aromatic carbocycles. The van der Waals surface area contributed by atoms with E-state index in [1.807, 2.05) is 6.08 Å². The average Bonchev–Trinajstić information content (AvgIpc) is 2.63. The first-order valence-electron chi connectivity index (χ1n) is 9.68. The van der Waals surface area contributed by atoms with Gasteiger partial charge in [0.2, 0.25) is 5.91 Å². The van der Waals surface area contributed by atoms with Crippen molar-refractivity contribution in [2.75, 3.05) is 0 Å². The number of rotatable bonds is 4. The first-order chi connectivity index (χ1) is 11.3. The topological polar surface area (TPSA) is 20.3 Å². The van der Waals surface area contributed by atoms with E-state index in [0.29, 0.717) is 18.0 Å². The van der Waals surface area contributed by atoms with Gasteiger partial charge in [0.1, 0.15) is 0 Å². The van der Waals surface area contributed by atoms with Gasteiger partial charge in [0.15, 0.2) is 0 Å². The Morgan fingerprint density at radius 2 is 1.48 bits per heavy atom. The summed E-state index contributed by atoms with van der Waals surface area (Å²) in [5.74, 6) is 0.662. The zero-order chi connectivity index (χ0) is 15.9. The molecule has 0 spiro atoms. The molecule has 2 fully saturated rings. The van der Waals surface area contributed by atoms with Crippen molar-refractivity contribution in [3.05, 3.63) is 36.5 Å². The van der Waals surface area contributed by atoms with E-state index in [0.717, 1.165) is 6.42 Å². The summed E-state index contributed by atoms with van der Waals surface area (Å²) in [6, 6.07) is 0.983. The molecule has 0 aliphatic heterocycles. The van der Waals surface area contributed by atoms with Gasteiger partial charge >= 0.3 is 0 Å². The van der Waals surface area contributed by atoms with E-state index in [4.69, 9.17) is 0 Å². The maximum Gasteiger partial charge on any atom is 0.246 e. The molecule has 2 heteroatoms. The fourth-order valence-corrected chi connectivity index (χ4v) is 4.41. The molecule has 1 atom stereocenters. The number of allylic oxidation sites excluding steroid dienone is 5. The van der Waals surface area contributed by atoms with Gasteiger partial charge in [-0.15, -0.1) is 0 Å². The second-order valence-corrected chi connectivity index (χ2v) is 7.40. The monoisotopic (exact) mass is 313 g/mol. The van der Waals surface area contributed by atoms with E-state index < -0.39 is 0 Å². The van der Waals surface area contributed by atoms with Crippen LogP contribution in [0.2, 0.25) is 0 Å². The van der Waals surface area contributed by atoms with Crippen LogP contribution in [0.1, 0.15) is 70.6 Å². The van der Waals surface area contributed by atoms with Crippen LogP contribution < -0.4 is 0 Å². The van der Waals surface area contributed by atoms with Gasteiger partial charge < -0.3 is 4.90 Å². The van der Waals surface area contributed by atoms with Crippen molar-refractivity contribution in [3.63, 3.8) is 0 Å². The molecule has 3 rings (SSSR count). The third-order valence-electron chi connectivity index (χ3n) is 5.69. The summed E-state index contributed by atoms with van der Waals surface area (Å²) in [7, 11) is 0. The first-order valence-corrected chi connectivity index (χ1v) is 9.68. The van der Waals surface area contributed by atoms with Crippen molar-refractivity contribution < 1.29 is 4.79 Å². The van der Waals surface area contributed by atoms with Crippen LogP contribution in [0.3, 0.4) is 0 Å². The molecule has 0 aromatic heterocycles. The Morgan fingerprint density at radius 1 is 0.870 bits per heavy atom. The SMILES string of the molecule is O=C(/C=C/C1C=CC=CC1)N(C1CCCCC1)C1CCCCC1. The predicted octanol–water partition coefficient (Wildman–Crippen LogP) is 5.17. The maximum atomic E-state index is 13.0. The molecule has 0 bridgehead atoms. The lowest BCUT2D eigenvalue weighted by atomic mass is 9.88. The zero-order valence-corrected chi connectivity index (χ0v) is 14.3. The Hall–Kier alpha value is -1.31. The van der Waals surface area contributed by atoms with E-state index >= 15 is 0 Å². The molecular weight excluding hydrogens is 282 g/mol. The molecule has 0 radical (unpaired) electrons. The molecule has 2 nitrogen and oxygen atoms in total. The molecule has 3 aliphatic carbocycles. The van der Waals surface area contributed by atoms with E-state index in [1.54, 1.807) is 0 Å². The number of amides is 1. The first kappa shape index (κ1) is 16.5. The van der Waals surface area contributed by atoms with Gasteiger partial charge in [-0.05, 0) is 44.1 Å². The second-order valence-electron chi connectivity index (χ2n) is 7.40. The van der Waals surface area contributed by atoms with Crippen LogP contribution in [-0.4, -0.2) is 22.9 Å². The van der Waals surface area contributed by atoms with Crippen LogP contribution in [0.15, 0.2) is 36.5 Å². The van der Waals surface area contributed by atoms with Crippen LogP contribution >= 0.6 is 0 Å². The van der Waals surface area contributed by atoms with E-state index in [-0.39, 0.29) is 5.91 Å². The molecule has 1 amide bonds. The number of hydrogen-bond donors (Lipinski definition) is 0. The highest BCUT2D eigenvalue weighted by Gasteiger charge is 2.31. The van der Waals surface area contributed by atoms with Crippen LogP contribution in [0.4, 0.5) is 0 Å². The quantitative estimate of drug-likeness (QED) is 0.656. The Bertz CT molecular complexity index is 446. The van der Waals surface area contributed by atoms with Crippen LogP contribution in [-0.2, 0) is 4.79 Å². The molecule has 0 aromatic rings. The standard InChI is InChI=1S/C21H31NO/c23-21(17-16-18-10-4-1-5-11-18)22(19-12-6-2-7-13-19)20-14-8-3-9-15-20/h1,4-5,10,16-20H,2-3,6-9,11-15H2/b17-16+. The number of nitrogens with zero attached hydrogens (tertiary/aromatic N) is 1. The summed E-state index contributed by atoms with van der Waals surface area (Å²) in [6.07, 6.45) is 26.3.